The lowest BCUT2D eigenvalue weighted by molar-refractivity contribution is 0.588. The van der Waals surface area contributed by atoms with Gasteiger partial charge in [0.05, 0.1) is 10.4 Å². The average Bonchev–Trinajstić information content (AvgIpc) is 3.37. The van der Waals surface area contributed by atoms with Crippen molar-refractivity contribution in [1.29, 1.82) is 0 Å². The molecule has 0 fully saturated rings. The highest BCUT2D eigenvalue weighted by Crippen LogP contribution is 2.28. The Hall–Kier alpha value is -2.35. The fraction of sp³-hybridized carbons (Fsp3) is 0.0435. The zero-order valence-electron chi connectivity index (χ0n) is 16.0. The molecular weight excluding hydrogens is 528 g/mol. The second-order valence-electron chi connectivity index (χ2n) is 6.73. The first-order valence-corrected chi connectivity index (χ1v) is 12.2. The van der Waals surface area contributed by atoms with Gasteiger partial charge in [0, 0.05) is 37.6 Å². The molecule has 0 aliphatic heterocycles. The molecule has 3 aromatic carbocycles. The molecule has 5 aromatic rings. The molecule has 0 unspecified atom stereocenters. The van der Waals surface area contributed by atoms with E-state index < -0.39 is 10.0 Å². The van der Waals surface area contributed by atoms with Crippen molar-refractivity contribution in [2.24, 2.45) is 0 Å². The number of aromatic amines is 1. The van der Waals surface area contributed by atoms with Gasteiger partial charge in [-0.2, -0.15) is 0 Å². The van der Waals surface area contributed by atoms with Crippen LogP contribution in [0.1, 0.15) is 5.56 Å². The van der Waals surface area contributed by atoms with Crippen molar-refractivity contribution in [1.82, 2.24) is 8.96 Å². The van der Waals surface area contributed by atoms with Crippen molar-refractivity contribution in [3.8, 4) is 0 Å². The average molecular weight is 546 g/mol. The van der Waals surface area contributed by atoms with Crippen LogP contribution in [0, 0.1) is 6.92 Å². The summed E-state index contributed by atoms with van der Waals surface area (Å²) in [4.78, 5) is 3.46. The normalized spacial score (nSPS) is 11.4. The first-order valence-electron chi connectivity index (χ1n) is 9.18. The van der Waals surface area contributed by atoms with Crippen LogP contribution in [0.25, 0.3) is 21.8 Å². The van der Waals surface area contributed by atoms with E-state index in [0.29, 0.717) is 10.4 Å². The summed E-state index contributed by atoms with van der Waals surface area (Å²) in [5.74, 6) is 0. The van der Waals surface area contributed by atoms with E-state index in [4.69, 9.17) is 0 Å². The molecule has 0 atom stereocenters. The molecule has 0 amide bonds. The van der Waals surface area contributed by atoms with E-state index in [1.807, 2.05) is 36.5 Å². The van der Waals surface area contributed by atoms with Crippen LogP contribution in [-0.2, 0) is 10.0 Å². The Kier molecular flexibility index (Phi) is 5.86. The van der Waals surface area contributed by atoms with Gasteiger partial charge in [0.2, 0.25) is 0 Å². The Balaban J connectivity index is 0.000000181. The first kappa shape index (κ1) is 20.9. The Morgan fingerprint density at radius 3 is 2.23 bits per heavy atom. The molecule has 152 valence electrons. The molecule has 5 rings (SSSR count). The Bertz CT molecular complexity index is 1450. The maximum absolute atomic E-state index is 12.8. The van der Waals surface area contributed by atoms with Gasteiger partial charge in [0.15, 0.2) is 0 Å². The zero-order valence-corrected chi connectivity index (χ0v) is 20.0. The molecule has 0 radical (unpaired) electrons. The standard InChI is InChI=1S/C15H12BrNO2S.C8H6BrN/c1-11-5-2-3-8-15(11)20(18,19)17-10-9-12-13(16)6-4-7-14(12)17;9-7-2-1-3-8-6(7)4-5-10-8/h2-10H,1H3;1-5,10H. The smallest absolute Gasteiger partial charge is 0.268 e. The lowest BCUT2D eigenvalue weighted by Crippen LogP contribution is -2.13. The number of aromatic nitrogens is 2. The van der Waals surface area contributed by atoms with Crippen LogP contribution in [0.5, 0.6) is 0 Å². The van der Waals surface area contributed by atoms with Gasteiger partial charge >= 0.3 is 0 Å². The highest BCUT2D eigenvalue weighted by molar-refractivity contribution is 9.11. The highest BCUT2D eigenvalue weighted by atomic mass is 79.9. The molecule has 4 nitrogen and oxygen atoms in total. The van der Waals surface area contributed by atoms with Crippen molar-refractivity contribution < 1.29 is 8.42 Å². The molecule has 2 heterocycles. The number of fused-ring (bicyclic) bond motifs is 2. The van der Waals surface area contributed by atoms with Gasteiger partial charge < -0.3 is 4.98 Å². The van der Waals surface area contributed by atoms with Crippen LogP contribution < -0.4 is 0 Å². The predicted molar refractivity (Wildman–Crippen MR) is 129 cm³/mol. The Morgan fingerprint density at radius 2 is 1.50 bits per heavy atom. The number of hydrogen-bond acceptors (Lipinski definition) is 2. The fourth-order valence-corrected chi connectivity index (χ4v) is 5.88. The third-order valence-electron chi connectivity index (χ3n) is 4.82. The SMILES string of the molecule is Brc1cccc2[nH]ccc12.Cc1ccccc1S(=O)(=O)n1ccc2c(Br)cccc21. The number of rotatable bonds is 2. The molecule has 0 aliphatic carbocycles. The van der Waals surface area contributed by atoms with E-state index in [9.17, 15) is 8.42 Å². The van der Waals surface area contributed by atoms with Crippen molar-refractivity contribution in [2.75, 3.05) is 0 Å². The van der Waals surface area contributed by atoms with Gasteiger partial charge in [-0.3, -0.25) is 0 Å². The Morgan fingerprint density at radius 1 is 0.800 bits per heavy atom. The molecule has 0 aliphatic rings. The van der Waals surface area contributed by atoms with Gasteiger partial charge in [-0.15, -0.1) is 0 Å². The summed E-state index contributed by atoms with van der Waals surface area (Å²) in [5.41, 5.74) is 2.58. The van der Waals surface area contributed by atoms with E-state index in [1.165, 1.54) is 14.9 Å². The first-order chi connectivity index (χ1) is 14.4. The fourth-order valence-electron chi connectivity index (χ4n) is 3.31. The summed E-state index contributed by atoms with van der Waals surface area (Å²) in [7, 11) is -3.57. The molecule has 1 N–H and O–H groups in total. The van der Waals surface area contributed by atoms with Gasteiger partial charge in [0.1, 0.15) is 0 Å². The second kappa shape index (κ2) is 8.41. The second-order valence-corrected chi connectivity index (χ2v) is 10.2. The van der Waals surface area contributed by atoms with Gasteiger partial charge in [-0.05, 0) is 55.0 Å². The van der Waals surface area contributed by atoms with Crippen molar-refractivity contribution >= 4 is 63.7 Å². The monoisotopic (exact) mass is 544 g/mol. The summed E-state index contributed by atoms with van der Waals surface area (Å²) in [5, 5.41) is 2.12. The number of aryl methyl sites for hydroxylation is 1. The van der Waals surface area contributed by atoms with Crippen LogP contribution >= 0.6 is 31.9 Å². The van der Waals surface area contributed by atoms with Crippen molar-refractivity contribution in [3.05, 3.63) is 99.7 Å². The van der Waals surface area contributed by atoms with Crippen LogP contribution in [0.3, 0.4) is 0 Å². The van der Waals surface area contributed by atoms with Crippen LogP contribution in [-0.4, -0.2) is 17.4 Å². The molecule has 0 bridgehead atoms. The maximum Gasteiger partial charge on any atom is 0.268 e. The molecule has 7 heteroatoms. The van der Waals surface area contributed by atoms with E-state index in [0.717, 1.165) is 19.9 Å². The summed E-state index contributed by atoms with van der Waals surface area (Å²) in [6.45, 7) is 1.80. The summed E-state index contributed by atoms with van der Waals surface area (Å²) in [6, 6.07) is 22.5. The van der Waals surface area contributed by atoms with Crippen molar-refractivity contribution in [2.45, 2.75) is 11.8 Å². The van der Waals surface area contributed by atoms with Crippen LogP contribution in [0.4, 0.5) is 0 Å². The quantitative estimate of drug-likeness (QED) is 0.263. The number of nitrogens with zero attached hydrogens (tertiary/aromatic N) is 1. The van der Waals surface area contributed by atoms with Gasteiger partial charge in [-0.1, -0.05) is 62.2 Å². The van der Waals surface area contributed by atoms with E-state index >= 15 is 0 Å². The number of benzene rings is 3. The number of H-pyrrole nitrogens is 1. The van der Waals surface area contributed by atoms with E-state index in [1.54, 1.807) is 43.5 Å². The molecule has 2 aromatic heterocycles. The van der Waals surface area contributed by atoms with Gasteiger partial charge in [0.25, 0.3) is 10.0 Å². The summed E-state index contributed by atoms with van der Waals surface area (Å²) in [6.07, 6.45) is 3.53. The molecule has 30 heavy (non-hydrogen) atoms. The maximum atomic E-state index is 12.8. The highest BCUT2D eigenvalue weighted by Gasteiger charge is 2.20. The van der Waals surface area contributed by atoms with Crippen LogP contribution in [0.2, 0.25) is 0 Å². The number of halogens is 2. The number of nitrogens with one attached hydrogen (secondary N) is 1. The summed E-state index contributed by atoms with van der Waals surface area (Å²) < 4.78 is 28.9. The lowest BCUT2D eigenvalue weighted by atomic mass is 10.2. The largest absolute Gasteiger partial charge is 0.361 e. The molecular formula is C23H18Br2N2O2S. The molecule has 0 saturated carbocycles. The minimum absolute atomic E-state index is 0.331. The van der Waals surface area contributed by atoms with E-state index in [-0.39, 0.29) is 0 Å². The third-order valence-corrected chi connectivity index (χ3v) is 8.05. The van der Waals surface area contributed by atoms with Crippen molar-refractivity contribution in [3.63, 3.8) is 0 Å². The topological polar surface area (TPSA) is 54.9 Å². The summed E-state index contributed by atoms with van der Waals surface area (Å²) >= 11 is 6.90. The Labute approximate surface area is 191 Å². The minimum atomic E-state index is -3.57. The molecule has 0 spiro atoms. The van der Waals surface area contributed by atoms with Crippen LogP contribution in [0.15, 0.2) is 99.0 Å². The van der Waals surface area contributed by atoms with E-state index in [2.05, 4.69) is 49.0 Å². The minimum Gasteiger partial charge on any atom is -0.361 e. The van der Waals surface area contributed by atoms with Gasteiger partial charge in [-0.25, -0.2) is 12.4 Å². The molecule has 0 saturated heterocycles. The number of hydrogen-bond donors (Lipinski definition) is 1. The predicted octanol–water partition coefficient (Wildman–Crippen LogP) is 6.88. The third kappa shape index (κ3) is 3.85. The zero-order chi connectivity index (χ0) is 21.3. The lowest BCUT2D eigenvalue weighted by Gasteiger charge is -2.10.